The van der Waals surface area contributed by atoms with Crippen LogP contribution in [0.5, 0.6) is 0 Å². The number of anilines is 4. The quantitative estimate of drug-likeness (QED) is 0.472. The van der Waals surface area contributed by atoms with Crippen molar-refractivity contribution in [2.24, 2.45) is 0 Å². The molecule has 3 aromatic rings. The van der Waals surface area contributed by atoms with Gasteiger partial charge in [0, 0.05) is 18.3 Å². The number of para-hydroxylation sites is 1. The number of benzene rings is 2. The number of aromatic nitrogens is 2. The van der Waals surface area contributed by atoms with Gasteiger partial charge in [0.25, 0.3) is 0 Å². The SMILES string of the molecule is CC(=O)Nc1cccc(Nc2nnc(SC(C)C(=O)Nc3ccccc3C#N)s2)c1. The number of hydrogen-bond donors (Lipinski definition) is 3. The fourth-order valence-corrected chi connectivity index (χ4v) is 4.35. The number of carbonyl (C=O) groups excluding carboxylic acids is 2. The third-order valence-corrected chi connectivity index (χ3v) is 5.82. The summed E-state index contributed by atoms with van der Waals surface area (Å²) < 4.78 is 0.631. The molecule has 0 fully saturated rings. The highest BCUT2D eigenvalue weighted by atomic mass is 32.2. The minimum Gasteiger partial charge on any atom is -0.330 e. The third-order valence-electron chi connectivity index (χ3n) is 3.79. The molecule has 0 radical (unpaired) electrons. The maximum absolute atomic E-state index is 12.5. The van der Waals surface area contributed by atoms with Crippen molar-refractivity contribution in [3.05, 3.63) is 54.1 Å². The molecular weight excluding hydrogens is 420 g/mol. The molecule has 8 nitrogen and oxygen atoms in total. The Morgan fingerprint density at radius 3 is 2.63 bits per heavy atom. The largest absolute Gasteiger partial charge is 0.330 e. The van der Waals surface area contributed by atoms with Crippen LogP contribution >= 0.6 is 23.1 Å². The third kappa shape index (κ3) is 5.79. The van der Waals surface area contributed by atoms with E-state index in [0.29, 0.717) is 26.4 Å². The van der Waals surface area contributed by atoms with Crippen molar-refractivity contribution >= 4 is 57.1 Å². The van der Waals surface area contributed by atoms with Gasteiger partial charge in [-0.3, -0.25) is 9.59 Å². The van der Waals surface area contributed by atoms with Crippen molar-refractivity contribution in [1.29, 1.82) is 5.26 Å². The Balaban J connectivity index is 1.60. The molecule has 0 aliphatic heterocycles. The number of hydrogen-bond acceptors (Lipinski definition) is 8. The number of nitrogens with one attached hydrogen (secondary N) is 3. The monoisotopic (exact) mass is 438 g/mol. The maximum atomic E-state index is 12.5. The minimum absolute atomic E-state index is 0.147. The zero-order chi connectivity index (χ0) is 21.5. The first-order valence-corrected chi connectivity index (χ1v) is 10.6. The average Bonchev–Trinajstić information content (AvgIpc) is 3.14. The fraction of sp³-hybridized carbons (Fsp3) is 0.150. The molecule has 30 heavy (non-hydrogen) atoms. The summed E-state index contributed by atoms with van der Waals surface area (Å²) in [5, 5.41) is 26.1. The van der Waals surface area contributed by atoms with E-state index in [2.05, 4.69) is 32.2 Å². The second-order valence-corrected chi connectivity index (χ2v) is 8.73. The zero-order valence-electron chi connectivity index (χ0n) is 16.2. The first-order chi connectivity index (χ1) is 14.4. The minimum atomic E-state index is -0.430. The molecule has 1 aromatic heterocycles. The number of rotatable bonds is 7. The first kappa shape index (κ1) is 21.3. The molecule has 1 atom stereocenters. The van der Waals surface area contributed by atoms with E-state index in [9.17, 15) is 9.59 Å². The van der Waals surface area contributed by atoms with Crippen LogP contribution < -0.4 is 16.0 Å². The number of thioether (sulfide) groups is 1. The van der Waals surface area contributed by atoms with Crippen molar-refractivity contribution in [2.75, 3.05) is 16.0 Å². The van der Waals surface area contributed by atoms with Crippen molar-refractivity contribution < 1.29 is 9.59 Å². The lowest BCUT2D eigenvalue weighted by molar-refractivity contribution is -0.115. The second kappa shape index (κ2) is 9.87. The van der Waals surface area contributed by atoms with E-state index in [1.165, 1.54) is 30.0 Å². The summed E-state index contributed by atoms with van der Waals surface area (Å²) in [6.07, 6.45) is 0. The van der Waals surface area contributed by atoms with Gasteiger partial charge in [0.2, 0.25) is 16.9 Å². The van der Waals surface area contributed by atoms with Crippen LogP contribution in [-0.2, 0) is 9.59 Å². The summed E-state index contributed by atoms with van der Waals surface area (Å²) in [5.41, 5.74) is 2.32. The standard InChI is InChI=1S/C20H18N6O2S2/c1-12(18(28)24-17-9-4-3-6-14(17)11-21)29-20-26-25-19(30-20)23-16-8-5-7-15(10-16)22-13(2)27/h3-10,12H,1-2H3,(H,22,27)(H,23,25)(H,24,28). The molecular formula is C20H18N6O2S2. The predicted molar refractivity (Wildman–Crippen MR) is 119 cm³/mol. The highest BCUT2D eigenvalue weighted by Gasteiger charge is 2.18. The van der Waals surface area contributed by atoms with Gasteiger partial charge in [-0.2, -0.15) is 5.26 Å². The number of carbonyl (C=O) groups is 2. The van der Waals surface area contributed by atoms with Crippen LogP contribution in [0.2, 0.25) is 0 Å². The van der Waals surface area contributed by atoms with E-state index in [4.69, 9.17) is 5.26 Å². The van der Waals surface area contributed by atoms with Gasteiger partial charge in [-0.1, -0.05) is 41.3 Å². The molecule has 0 saturated carbocycles. The predicted octanol–water partition coefficient (Wildman–Crippen LogP) is 4.23. The number of nitrogens with zero attached hydrogens (tertiary/aromatic N) is 3. The van der Waals surface area contributed by atoms with Gasteiger partial charge < -0.3 is 16.0 Å². The van der Waals surface area contributed by atoms with Gasteiger partial charge in [0.15, 0.2) is 4.34 Å². The normalized spacial score (nSPS) is 11.2. The van der Waals surface area contributed by atoms with E-state index < -0.39 is 5.25 Å². The molecule has 2 aromatic carbocycles. The summed E-state index contributed by atoms with van der Waals surface area (Å²) in [5.74, 6) is -0.373. The molecule has 2 amide bonds. The Labute approximate surface area is 181 Å². The summed E-state index contributed by atoms with van der Waals surface area (Å²) in [7, 11) is 0. The lowest BCUT2D eigenvalue weighted by atomic mass is 10.2. The second-order valence-electron chi connectivity index (χ2n) is 6.17. The van der Waals surface area contributed by atoms with Crippen molar-refractivity contribution in [1.82, 2.24) is 10.2 Å². The fourth-order valence-electron chi connectivity index (χ4n) is 2.44. The Hall–Kier alpha value is -3.42. The van der Waals surface area contributed by atoms with E-state index in [-0.39, 0.29) is 11.8 Å². The van der Waals surface area contributed by atoms with Crippen LogP contribution in [0.15, 0.2) is 52.9 Å². The van der Waals surface area contributed by atoms with Gasteiger partial charge >= 0.3 is 0 Å². The first-order valence-electron chi connectivity index (χ1n) is 8.89. The van der Waals surface area contributed by atoms with Crippen LogP contribution in [-0.4, -0.2) is 27.3 Å². The molecule has 152 valence electrons. The van der Waals surface area contributed by atoms with Crippen molar-refractivity contribution in [2.45, 2.75) is 23.4 Å². The van der Waals surface area contributed by atoms with Gasteiger partial charge in [-0.25, -0.2) is 0 Å². The average molecular weight is 439 g/mol. The topological polar surface area (TPSA) is 120 Å². The van der Waals surface area contributed by atoms with Gasteiger partial charge in [-0.15, -0.1) is 10.2 Å². The molecule has 1 unspecified atom stereocenters. The zero-order valence-corrected chi connectivity index (χ0v) is 17.8. The van der Waals surface area contributed by atoms with Crippen LogP contribution in [0.3, 0.4) is 0 Å². The number of amides is 2. The maximum Gasteiger partial charge on any atom is 0.237 e. The smallest absolute Gasteiger partial charge is 0.237 e. The lowest BCUT2D eigenvalue weighted by Crippen LogP contribution is -2.22. The van der Waals surface area contributed by atoms with Crippen LogP contribution in [0, 0.1) is 11.3 Å². The van der Waals surface area contributed by atoms with E-state index in [0.717, 1.165) is 5.69 Å². The Kier molecular flexibility index (Phi) is 7.00. The molecule has 0 saturated heterocycles. The molecule has 0 spiro atoms. The summed E-state index contributed by atoms with van der Waals surface area (Å²) >= 11 is 2.60. The Morgan fingerprint density at radius 1 is 1.10 bits per heavy atom. The highest BCUT2D eigenvalue weighted by Crippen LogP contribution is 2.31. The molecule has 1 heterocycles. The van der Waals surface area contributed by atoms with E-state index in [1.54, 1.807) is 43.3 Å². The summed E-state index contributed by atoms with van der Waals surface area (Å²) in [6.45, 7) is 3.21. The van der Waals surface area contributed by atoms with Gasteiger partial charge in [0.1, 0.15) is 6.07 Å². The van der Waals surface area contributed by atoms with E-state index in [1.807, 2.05) is 12.1 Å². The molecule has 3 N–H and O–H groups in total. The number of nitriles is 1. The van der Waals surface area contributed by atoms with Gasteiger partial charge in [0.05, 0.1) is 16.5 Å². The van der Waals surface area contributed by atoms with Crippen LogP contribution in [0.1, 0.15) is 19.4 Å². The van der Waals surface area contributed by atoms with Gasteiger partial charge in [-0.05, 0) is 37.3 Å². The molecule has 0 aliphatic carbocycles. The molecule has 3 rings (SSSR count). The lowest BCUT2D eigenvalue weighted by Gasteiger charge is -2.11. The Bertz CT molecular complexity index is 1110. The van der Waals surface area contributed by atoms with Crippen LogP contribution in [0.4, 0.5) is 22.2 Å². The highest BCUT2D eigenvalue weighted by molar-refractivity contribution is 8.02. The van der Waals surface area contributed by atoms with Crippen LogP contribution in [0.25, 0.3) is 0 Å². The molecule has 0 aliphatic rings. The van der Waals surface area contributed by atoms with Crippen molar-refractivity contribution in [3.8, 4) is 6.07 Å². The Morgan fingerprint density at radius 2 is 1.87 bits per heavy atom. The summed E-state index contributed by atoms with van der Waals surface area (Å²) in [4.78, 5) is 23.7. The summed E-state index contributed by atoms with van der Waals surface area (Å²) in [6, 6.07) is 16.1. The molecule has 10 heteroatoms. The molecule has 0 bridgehead atoms. The van der Waals surface area contributed by atoms with Crippen molar-refractivity contribution in [3.63, 3.8) is 0 Å². The van der Waals surface area contributed by atoms with E-state index >= 15 is 0 Å².